The minimum Gasteiger partial charge on any atom is -0.772 e. The molecule has 1 amide bonds. The van der Waals surface area contributed by atoms with Gasteiger partial charge in [0.25, 0.3) is 0 Å². The van der Waals surface area contributed by atoms with Crippen LogP contribution in [-0.2, 0) is 15.9 Å². The fourth-order valence-electron chi connectivity index (χ4n) is 1.40. The maximum Gasteiger partial charge on any atom is 0.245 e. The molecule has 1 unspecified atom stereocenters. The molecule has 4 nitrogen and oxygen atoms in total. The van der Waals surface area contributed by atoms with E-state index in [1.165, 1.54) is 6.08 Å². The molecule has 5 heteroatoms. The van der Waals surface area contributed by atoms with Crippen LogP contribution in [0.25, 0.3) is 0 Å². The summed E-state index contributed by atoms with van der Waals surface area (Å²) in [6.45, 7) is 4.41. The van der Waals surface area contributed by atoms with Crippen molar-refractivity contribution >= 4 is 17.0 Å². The molecular weight excluding hydrogens is 190 g/mol. The first-order valence-corrected chi connectivity index (χ1v) is 5.28. The Hall–Kier alpha value is -0.680. The Labute approximate surface area is 79.9 Å². The van der Waals surface area contributed by atoms with Crippen molar-refractivity contribution in [2.75, 3.05) is 13.1 Å². The first-order valence-electron chi connectivity index (χ1n) is 4.14. The predicted octanol–water partition coefficient (Wildman–Crippen LogP) is 0.0425. The molecule has 0 N–H and O–H groups in total. The molecule has 1 aliphatic rings. The van der Waals surface area contributed by atoms with Gasteiger partial charge in [0.05, 0.1) is 0 Å². The first kappa shape index (κ1) is 10.4. The van der Waals surface area contributed by atoms with Gasteiger partial charge in [0.15, 0.2) is 0 Å². The predicted molar refractivity (Wildman–Crippen MR) is 48.7 cm³/mol. The lowest BCUT2D eigenvalue weighted by atomic mass is 10.1. The fraction of sp³-hybridized carbons (Fsp3) is 0.625. The lowest BCUT2D eigenvalue weighted by Crippen LogP contribution is -2.40. The van der Waals surface area contributed by atoms with Gasteiger partial charge in [-0.2, -0.15) is 0 Å². The summed E-state index contributed by atoms with van der Waals surface area (Å²) in [7, 11) is 0. The molecule has 1 rings (SSSR count). The van der Waals surface area contributed by atoms with Gasteiger partial charge >= 0.3 is 0 Å². The van der Waals surface area contributed by atoms with Crippen LogP contribution in [0.4, 0.5) is 0 Å². The van der Waals surface area contributed by atoms with E-state index in [1.807, 2.05) is 0 Å². The highest BCUT2D eigenvalue weighted by molar-refractivity contribution is 7.79. The third-order valence-electron chi connectivity index (χ3n) is 2.20. The van der Waals surface area contributed by atoms with Crippen LogP contribution in [0.3, 0.4) is 0 Å². The molecule has 0 aliphatic carbocycles. The van der Waals surface area contributed by atoms with Crippen molar-refractivity contribution in [3.05, 3.63) is 12.7 Å². The zero-order valence-corrected chi connectivity index (χ0v) is 8.09. The maximum atomic E-state index is 11.1. The lowest BCUT2D eigenvalue weighted by Gasteiger charge is -2.32. The van der Waals surface area contributed by atoms with Crippen LogP contribution < -0.4 is 0 Å². The minimum atomic E-state index is -2.00. The summed E-state index contributed by atoms with van der Waals surface area (Å²) in [6.07, 6.45) is 2.33. The van der Waals surface area contributed by atoms with Gasteiger partial charge < -0.3 is 9.45 Å². The molecule has 0 aromatic heterocycles. The summed E-state index contributed by atoms with van der Waals surface area (Å²) < 4.78 is 21.2. The van der Waals surface area contributed by atoms with E-state index in [0.717, 1.165) is 0 Å². The molecule has 1 fully saturated rings. The molecule has 0 bridgehead atoms. The fourth-order valence-corrected chi connectivity index (χ4v) is 1.99. The number of piperidine rings is 1. The second-order valence-electron chi connectivity index (χ2n) is 2.99. The Morgan fingerprint density at radius 2 is 2.08 bits per heavy atom. The van der Waals surface area contributed by atoms with Crippen molar-refractivity contribution in [3.63, 3.8) is 0 Å². The van der Waals surface area contributed by atoms with Crippen molar-refractivity contribution in [1.82, 2.24) is 4.90 Å². The molecule has 13 heavy (non-hydrogen) atoms. The second kappa shape index (κ2) is 4.53. The zero-order valence-electron chi connectivity index (χ0n) is 7.27. The lowest BCUT2D eigenvalue weighted by molar-refractivity contribution is -0.126. The molecule has 0 aromatic rings. The van der Waals surface area contributed by atoms with E-state index >= 15 is 0 Å². The topological polar surface area (TPSA) is 60.4 Å². The molecule has 1 aliphatic heterocycles. The van der Waals surface area contributed by atoms with Gasteiger partial charge in [-0.1, -0.05) is 17.7 Å². The summed E-state index contributed by atoms with van der Waals surface area (Å²) in [5, 5.41) is -0.283. The molecule has 74 valence electrons. The van der Waals surface area contributed by atoms with Gasteiger partial charge in [-0.3, -0.25) is 9.00 Å². The van der Waals surface area contributed by atoms with E-state index in [4.69, 9.17) is 0 Å². The average molecular weight is 202 g/mol. The number of likely N-dealkylation sites (tertiary alicyclic amines) is 1. The van der Waals surface area contributed by atoms with Gasteiger partial charge in [0, 0.05) is 18.3 Å². The SMILES string of the molecule is C=CC(=O)N1CCC(S(=O)[O-])CC1. The quantitative estimate of drug-likeness (QED) is 0.469. The largest absolute Gasteiger partial charge is 0.772 e. The van der Waals surface area contributed by atoms with Crippen molar-refractivity contribution in [1.29, 1.82) is 0 Å². The second-order valence-corrected chi connectivity index (χ2v) is 4.18. The zero-order chi connectivity index (χ0) is 9.84. The van der Waals surface area contributed by atoms with Crippen molar-refractivity contribution in [3.8, 4) is 0 Å². The number of rotatable bonds is 2. The van der Waals surface area contributed by atoms with Crippen LogP contribution >= 0.6 is 0 Å². The maximum absolute atomic E-state index is 11.1. The van der Waals surface area contributed by atoms with Crippen LogP contribution in [0.1, 0.15) is 12.8 Å². The van der Waals surface area contributed by atoms with Crippen molar-refractivity contribution < 1.29 is 13.6 Å². The monoisotopic (exact) mass is 202 g/mol. The Bertz CT molecular complexity index is 234. The first-order chi connectivity index (χ1) is 6.15. The average Bonchev–Trinajstić information content (AvgIpc) is 2.17. The van der Waals surface area contributed by atoms with Gasteiger partial charge in [0.1, 0.15) is 0 Å². The third kappa shape index (κ3) is 2.63. The van der Waals surface area contributed by atoms with Crippen LogP contribution in [0.5, 0.6) is 0 Å². The highest BCUT2D eigenvalue weighted by Gasteiger charge is 2.21. The van der Waals surface area contributed by atoms with Crippen LogP contribution in [0, 0.1) is 0 Å². The highest BCUT2D eigenvalue weighted by Crippen LogP contribution is 2.14. The van der Waals surface area contributed by atoms with E-state index in [9.17, 15) is 13.6 Å². The van der Waals surface area contributed by atoms with E-state index in [2.05, 4.69) is 6.58 Å². The minimum absolute atomic E-state index is 0.116. The summed E-state index contributed by atoms with van der Waals surface area (Å²) >= 11 is -2.00. The van der Waals surface area contributed by atoms with E-state index in [-0.39, 0.29) is 11.2 Å². The molecule has 1 heterocycles. The number of hydrogen-bond acceptors (Lipinski definition) is 3. The smallest absolute Gasteiger partial charge is 0.245 e. The molecule has 0 saturated carbocycles. The highest BCUT2D eigenvalue weighted by atomic mass is 32.2. The number of amides is 1. The molecule has 0 radical (unpaired) electrons. The molecule has 0 spiro atoms. The molecule has 0 aromatic carbocycles. The molecular formula is C8H12NO3S-. The van der Waals surface area contributed by atoms with Crippen molar-refractivity contribution in [2.45, 2.75) is 18.1 Å². The Kier molecular flexibility index (Phi) is 3.62. The Morgan fingerprint density at radius 3 is 2.46 bits per heavy atom. The summed E-state index contributed by atoms with van der Waals surface area (Å²) in [6, 6.07) is 0. The molecule has 1 atom stereocenters. The number of nitrogens with zero attached hydrogens (tertiary/aromatic N) is 1. The van der Waals surface area contributed by atoms with Crippen LogP contribution in [0.15, 0.2) is 12.7 Å². The van der Waals surface area contributed by atoms with Gasteiger partial charge in [-0.05, 0) is 18.9 Å². The van der Waals surface area contributed by atoms with E-state index in [0.29, 0.717) is 25.9 Å². The number of carbonyl (C=O) groups is 1. The van der Waals surface area contributed by atoms with Crippen LogP contribution in [-0.4, -0.2) is 37.9 Å². The van der Waals surface area contributed by atoms with Gasteiger partial charge in [-0.25, -0.2) is 0 Å². The normalized spacial score (nSPS) is 21.2. The summed E-state index contributed by atoms with van der Waals surface area (Å²) in [5.74, 6) is -0.116. The van der Waals surface area contributed by atoms with Gasteiger partial charge in [0.2, 0.25) is 5.91 Å². The Balaban J connectivity index is 2.43. The van der Waals surface area contributed by atoms with E-state index in [1.54, 1.807) is 4.90 Å². The van der Waals surface area contributed by atoms with E-state index < -0.39 is 11.1 Å². The number of carbonyl (C=O) groups excluding carboxylic acids is 1. The molecule has 1 saturated heterocycles. The summed E-state index contributed by atoms with van der Waals surface area (Å²) in [4.78, 5) is 12.7. The number of hydrogen-bond donors (Lipinski definition) is 0. The summed E-state index contributed by atoms with van der Waals surface area (Å²) in [5.41, 5.74) is 0. The van der Waals surface area contributed by atoms with Gasteiger partial charge in [-0.15, -0.1) is 0 Å². The Morgan fingerprint density at radius 1 is 1.54 bits per heavy atom. The van der Waals surface area contributed by atoms with Crippen LogP contribution in [0.2, 0.25) is 0 Å². The van der Waals surface area contributed by atoms with Crippen molar-refractivity contribution in [2.24, 2.45) is 0 Å². The third-order valence-corrected chi connectivity index (χ3v) is 3.22. The standard InChI is InChI=1S/C8H13NO3S/c1-2-8(10)9-5-3-7(4-6-9)13(11)12/h2,7H,1,3-6H2,(H,11,12)/p-1.